The number of amides is 1. The van der Waals surface area contributed by atoms with Crippen molar-refractivity contribution >= 4 is 11.7 Å². The molecule has 11 heteroatoms. The molecule has 1 fully saturated rings. The van der Waals surface area contributed by atoms with E-state index in [2.05, 4.69) is 10.3 Å². The monoisotopic (exact) mass is 491 g/mol. The fourth-order valence-electron chi connectivity index (χ4n) is 4.27. The van der Waals surface area contributed by atoms with Crippen LogP contribution in [0.2, 0.25) is 0 Å². The standard InChI is InChI=1S/C24H25F4N5O2/c1-15(33-6-5-24(27,28)20(12-33)17-3-4-22(34)31(2)11-17)23(35)30-21-13-32(14-29-21)10-16-7-18(25)9-19(26)8-16/h3-4,7-9,11,13-15,20H,5-6,10,12H2,1-2H3,(H,30,35)/t15-,20-/m1/s1. The molecule has 2 aromatic heterocycles. The molecular formula is C24H25F4N5O2. The van der Waals surface area contributed by atoms with Crippen LogP contribution < -0.4 is 10.9 Å². The van der Waals surface area contributed by atoms with E-state index in [-0.39, 0.29) is 31.0 Å². The minimum atomic E-state index is -2.97. The number of imidazole rings is 1. The minimum absolute atomic E-state index is 0.0312. The van der Waals surface area contributed by atoms with Gasteiger partial charge in [0.1, 0.15) is 11.6 Å². The van der Waals surface area contributed by atoms with E-state index >= 15 is 0 Å². The first-order valence-electron chi connectivity index (χ1n) is 11.1. The average molecular weight is 491 g/mol. The van der Waals surface area contributed by atoms with Crippen molar-refractivity contribution in [2.75, 3.05) is 18.4 Å². The molecule has 0 bridgehead atoms. The van der Waals surface area contributed by atoms with E-state index in [9.17, 15) is 27.2 Å². The number of likely N-dealkylation sites (tertiary alicyclic amines) is 1. The van der Waals surface area contributed by atoms with Crippen LogP contribution in [-0.4, -0.2) is 50.0 Å². The molecule has 0 saturated carbocycles. The molecule has 1 aliphatic heterocycles. The van der Waals surface area contributed by atoms with Gasteiger partial charge >= 0.3 is 0 Å². The number of aryl methyl sites for hydroxylation is 1. The van der Waals surface area contributed by atoms with Gasteiger partial charge in [-0.15, -0.1) is 0 Å². The molecule has 1 aromatic carbocycles. The number of benzene rings is 1. The van der Waals surface area contributed by atoms with Crippen molar-refractivity contribution in [3.8, 4) is 0 Å². The first-order valence-corrected chi connectivity index (χ1v) is 11.1. The van der Waals surface area contributed by atoms with Crippen molar-refractivity contribution in [2.24, 2.45) is 7.05 Å². The molecule has 1 N–H and O–H groups in total. The molecule has 4 rings (SSSR count). The molecule has 0 spiro atoms. The molecule has 3 heterocycles. The number of pyridine rings is 1. The second kappa shape index (κ2) is 9.65. The summed E-state index contributed by atoms with van der Waals surface area (Å²) >= 11 is 0. The maximum Gasteiger partial charge on any atom is 0.257 e. The summed E-state index contributed by atoms with van der Waals surface area (Å²) in [6.07, 6.45) is 3.93. The van der Waals surface area contributed by atoms with Crippen LogP contribution in [0.3, 0.4) is 0 Å². The topological polar surface area (TPSA) is 72.2 Å². The maximum atomic E-state index is 14.7. The van der Waals surface area contributed by atoms with Crippen molar-refractivity contribution in [1.82, 2.24) is 19.0 Å². The second-order valence-corrected chi connectivity index (χ2v) is 8.84. The molecule has 7 nitrogen and oxygen atoms in total. The van der Waals surface area contributed by atoms with E-state index in [0.717, 1.165) is 6.07 Å². The highest BCUT2D eigenvalue weighted by atomic mass is 19.3. The lowest BCUT2D eigenvalue weighted by Crippen LogP contribution is -2.52. The van der Waals surface area contributed by atoms with Crippen LogP contribution in [0.5, 0.6) is 0 Å². The average Bonchev–Trinajstić information content (AvgIpc) is 3.21. The Morgan fingerprint density at radius 1 is 1.20 bits per heavy atom. The van der Waals surface area contributed by atoms with Crippen molar-refractivity contribution < 1.29 is 22.4 Å². The zero-order valence-electron chi connectivity index (χ0n) is 19.2. The predicted molar refractivity (Wildman–Crippen MR) is 121 cm³/mol. The molecule has 2 atom stereocenters. The molecular weight excluding hydrogens is 466 g/mol. The summed E-state index contributed by atoms with van der Waals surface area (Å²) < 4.78 is 59.1. The Hall–Kier alpha value is -3.47. The largest absolute Gasteiger partial charge is 0.331 e. The van der Waals surface area contributed by atoms with Gasteiger partial charge in [0.15, 0.2) is 5.82 Å². The first-order chi connectivity index (χ1) is 16.5. The van der Waals surface area contributed by atoms with E-state index in [1.54, 1.807) is 16.4 Å². The van der Waals surface area contributed by atoms with Crippen LogP contribution in [-0.2, 0) is 18.4 Å². The quantitative estimate of drug-likeness (QED) is 0.537. The van der Waals surface area contributed by atoms with Crippen LogP contribution in [0.4, 0.5) is 23.4 Å². The smallest absolute Gasteiger partial charge is 0.257 e. The molecule has 1 aliphatic rings. The molecule has 3 aromatic rings. The summed E-state index contributed by atoms with van der Waals surface area (Å²) in [6.45, 7) is 1.75. The fourth-order valence-corrected chi connectivity index (χ4v) is 4.27. The second-order valence-electron chi connectivity index (χ2n) is 8.84. The number of rotatable bonds is 6. The maximum absolute atomic E-state index is 14.7. The number of hydrogen-bond acceptors (Lipinski definition) is 4. The van der Waals surface area contributed by atoms with E-state index in [1.165, 1.54) is 54.6 Å². The number of hydrogen-bond donors (Lipinski definition) is 1. The Labute approximate surface area is 199 Å². The number of alkyl halides is 2. The van der Waals surface area contributed by atoms with E-state index in [4.69, 9.17) is 0 Å². The van der Waals surface area contributed by atoms with E-state index in [1.807, 2.05) is 0 Å². The Bertz CT molecular complexity index is 1270. The zero-order chi connectivity index (χ0) is 25.3. The van der Waals surface area contributed by atoms with Gasteiger partial charge < -0.3 is 14.5 Å². The number of anilines is 1. The number of halogens is 4. The van der Waals surface area contributed by atoms with Gasteiger partial charge in [0.2, 0.25) is 11.5 Å². The van der Waals surface area contributed by atoms with Crippen LogP contribution in [0.25, 0.3) is 0 Å². The number of piperidine rings is 1. The highest BCUT2D eigenvalue weighted by Gasteiger charge is 2.46. The van der Waals surface area contributed by atoms with Gasteiger partial charge in [-0.3, -0.25) is 14.5 Å². The third kappa shape index (κ3) is 5.61. The van der Waals surface area contributed by atoms with Gasteiger partial charge in [-0.05, 0) is 30.2 Å². The van der Waals surface area contributed by atoms with Gasteiger partial charge in [0.05, 0.1) is 18.3 Å². The number of aromatic nitrogens is 3. The van der Waals surface area contributed by atoms with Crippen molar-refractivity contribution in [3.63, 3.8) is 0 Å². The highest BCUT2D eigenvalue weighted by molar-refractivity contribution is 5.93. The Kier molecular flexibility index (Phi) is 6.79. The van der Waals surface area contributed by atoms with Crippen molar-refractivity contribution in [1.29, 1.82) is 0 Å². The molecule has 1 amide bonds. The highest BCUT2D eigenvalue weighted by Crippen LogP contribution is 2.40. The van der Waals surface area contributed by atoms with Crippen LogP contribution in [0.1, 0.15) is 30.4 Å². The molecule has 1 saturated heterocycles. The summed E-state index contributed by atoms with van der Waals surface area (Å²) in [5, 5.41) is 2.67. The first kappa shape index (κ1) is 24.6. The lowest BCUT2D eigenvalue weighted by Gasteiger charge is -2.40. The van der Waals surface area contributed by atoms with Gasteiger partial charge in [-0.25, -0.2) is 22.5 Å². The molecule has 0 radical (unpaired) electrons. The fraction of sp³-hybridized carbons (Fsp3) is 0.375. The predicted octanol–water partition coefficient (Wildman–Crippen LogP) is 3.36. The van der Waals surface area contributed by atoms with Gasteiger partial charge in [-0.2, -0.15) is 0 Å². The van der Waals surface area contributed by atoms with Crippen LogP contribution in [0, 0.1) is 11.6 Å². The lowest BCUT2D eigenvalue weighted by molar-refractivity contribution is -0.125. The molecule has 0 aliphatic carbocycles. The van der Waals surface area contributed by atoms with Gasteiger partial charge in [0, 0.05) is 57.6 Å². The zero-order valence-corrected chi connectivity index (χ0v) is 19.2. The third-order valence-corrected chi connectivity index (χ3v) is 6.27. The Morgan fingerprint density at radius 2 is 1.91 bits per heavy atom. The number of nitrogens with zero attached hydrogens (tertiary/aromatic N) is 4. The molecule has 186 valence electrons. The Balaban J connectivity index is 1.42. The van der Waals surface area contributed by atoms with Crippen LogP contribution in [0.15, 0.2) is 53.8 Å². The summed E-state index contributed by atoms with van der Waals surface area (Å²) in [5.41, 5.74) is 0.436. The van der Waals surface area contributed by atoms with Gasteiger partial charge in [-0.1, -0.05) is 6.07 Å². The number of carbonyl (C=O) groups excluding carboxylic acids is 1. The summed E-state index contributed by atoms with van der Waals surface area (Å²) in [7, 11) is 1.50. The minimum Gasteiger partial charge on any atom is -0.331 e. The van der Waals surface area contributed by atoms with Crippen LogP contribution >= 0.6 is 0 Å². The lowest BCUT2D eigenvalue weighted by atomic mass is 9.87. The molecule has 0 unspecified atom stereocenters. The Morgan fingerprint density at radius 3 is 2.60 bits per heavy atom. The van der Waals surface area contributed by atoms with Gasteiger partial charge in [0.25, 0.3) is 5.92 Å². The third-order valence-electron chi connectivity index (χ3n) is 6.27. The summed E-state index contributed by atoms with van der Waals surface area (Å²) in [6, 6.07) is 5.14. The normalized spacial score (nSPS) is 18.9. The summed E-state index contributed by atoms with van der Waals surface area (Å²) in [4.78, 5) is 30.3. The molecule has 35 heavy (non-hydrogen) atoms. The SMILES string of the molecule is C[C@H](C(=O)Nc1cn(Cc2cc(F)cc(F)c2)cn1)N1CCC(F)(F)[C@@H](c2ccc(=O)n(C)c2)C1. The van der Waals surface area contributed by atoms with Crippen molar-refractivity contribution in [2.45, 2.75) is 37.8 Å². The number of nitrogens with one attached hydrogen (secondary N) is 1. The van der Waals surface area contributed by atoms with E-state index < -0.39 is 41.8 Å². The summed E-state index contributed by atoms with van der Waals surface area (Å²) in [5.74, 6) is -5.70. The van der Waals surface area contributed by atoms with Crippen molar-refractivity contribution in [3.05, 3.63) is 82.2 Å². The van der Waals surface area contributed by atoms with E-state index in [0.29, 0.717) is 11.1 Å². The number of carbonyl (C=O) groups is 1.